The Labute approximate surface area is 128 Å². The molecule has 7 nitrogen and oxygen atoms in total. The maximum absolute atomic E-state index is 12.1. The zero-order valence-corrected chi connectivity index (χ0v) is 13.1. The lowest BCUT2D eigenvalue weighted by Crippen LogP contribution is -2.28. The number of aromatic nitrogens is 4. The minimum atomic E-state index is -0.176. The lowest BCUT2D eigenvalue weighted by molar-refractivity contribution is 0.0944. The highest BCUT2D eigenvalue weighted by Gasteiger charge is 2.12. The molecule has 2 aromatic rings. The summed E-state index contributed by atoms with van der Waals surface area (Å²) in [7, 11) is 1.76. The first-order valence-electron chi connectivity index (χ1n) is 7.37. The monoisotopic (exact) mass is 303 g/mol. The third-order valence-corrected chi connectivity index (χ3v) is 3.24. The van der Waals surface area contributed by atoms with Crippen LogP contribution in [-0.4, -0.2) is 32.2 Å². The zero-order chi connectivity index (χ0) is 16.1. The largest absolute Gasteiger partial charge is 0.350 e. The van der Waals surface area contributed by atoms with Crippen molar-refractivity contribution in [3.63, 3.8) is 0 Å². The molecule has 2 rings (SSSR count). The predicted molar refractivity (Wildman–Crippen MR) is 82.8 cm³/mol. The first kappa shape index (κ1) is 15.9. The van der Waals surface area contributed by atoms with E-state index in [-0.39, 0.29) is 11.5 Å². The number of rotatable bonds is 6. The molecule has 0 atom stereocenters. The lowest BCUT2D eigenvalue weighted by Gasteiger charge is -2.05. The highest BCUT2D eigenvalue weighted by atomic mass is 16.2. The summed E-state index contributed by atoms with van der Waals surface area (Å²) < 4.78 is 1.59. The van der Waals surface area contributed by atoms with Gasteiger partial charge in [-0.25, -0.2) is 4.98 Å². The van der Waals surface area contributed by atoms with Gasteiger partial charge in [0.15, 0.2) is 0 Å². The normalized spacial score (nSPS) is 10.7. The number of carbonyl (C=O) groups excluding carboxylic acids is 1. The third kappa shape index (κ3) is 4.03. The van der Waals surface area contributed by atoms with E-state index in [4.69, 9.17) is 0 Å². The van der Waals surface area contributed by atoms with Crippen LogP contribution in [0.1, 0.15) is 41.0 Å². The molecular formula is C15H21N5O2. The predicted octanol–water partition coefficient (Wildman–Crippen LogP) is 0.737. The van der Waals surface area contributed by atoms with E-state index in [0.29, 0.717) is 30.2 Å². The average molecular weight is 303 g/mol. The topological polar surface area (TPSA) is 92.7 Å². The number of aryl methyl sites for hydroxylation is 3. The Morgan fingerprint density at radius 1 is 1.36 bits per heavy atom. The van der Waals surface area contributed by atoms with Gasteiger partial charge in [0.05, 0.1) is 5.69 Å². The Kier molecular flexibility index (Phi) is 5.08. The fourth-order valence-electron chi connectivity index (χ4n) is 2.26. The third-order valence-electron chi connectivity index (χ3n) is 3.24. The van der Waals surface area contributed by atoms with Gasteiger partial charge in [0.2, 0.25) is 0 Å². The molecule has 2 N–H and O–H groups in total. The molecule has 0 fully saturated rings. The first-order chi connectivity index (χ1) is 10.5. The molecule has 22 heavy (non-hydrogen) atoms. The summed E-state index contributed by atoms with van der Waals surface area (Å²) in [5, 5.41) is 7.13. The standard InChI is InChI=1S/C15H21N5O2/c1-4-5-11-9-12(20(3)19-11)15(22)16-7-6-13-17-10(2)8-14(21)18-13/h8-9H,4-7H2,1-3H3,(H,16,22)(H,17,18,21). The van der Waals surface area contributed by atoms with Crippen LogP contribution in [0.4, 0.5) is 0 Å². The van der Waals surface area contributed by atoms with Crippen LogP contribution in [0.2, 0.25) is 0 Å². The highest BCUT2D eigenvalue weighted by Crippen LogP contribution is 2.05. The van der Waals surface area contributed by atoms with E-state index in [1.165, 1.54) is 6.07 Å². The van der Waals surface area contributed by atoms with Crippen molar-refractivity contribution in [2.24, 2.45) is 7.05 Å². The Hall–Kier alpha value is -2.44. The highest BCUT2D eigenvalue weighted by molar-refractivity contribution is 5.92. The van der Waals surface area contributed by atoms with Gasteiger partial charge in [-0.2, -0.15) is 5.10 Å². The van der Waals surface area contributed by atoms with E-state index in [1.54, 1.807) is 18.7 Å². The maximum Gasteiger partial charge on any atom is 0.269 e. The van der Waals surface area contributed by atoms with Gasteiger partial charge in [0, 0.05) is 31.8 Å². The summed E-state index contributed by atoms with van der Waals surface area (Å²) in [6.07, 6.45) is 2.32. The van der Waals surface area contributed by atoms with Gasteiger partial charge >= 0.3 is 0 Å². The summed E-state index contributed by atoms with van der Waals surface area (Å²) in [5.74, 6) is 0.398. The van der Waals surface area contributed by atoms with Crippen LogP contribution in [-0.2, 0) is 19.9 Å². The van der Waals surface area contributed by atoms with Gasteiger partial charge in [-0.3, -0.25) is 14.3 Å². The molecule has 0 aliphatic heterocycles. The summed E-state index contributed by atoms with van der Waals surface area (Å²) in [5.41, 5.74) is 1.94. The number of aromatic amines is 1. The van der Waals surface area contributed by atoms with Gasteiger partial charge < -0.3 is 10.3 Å². The van der Waals surface area contributed by atoms with E-state index in [9.17, 15) is 9.59 Å². The van der Waals surface area contributed by atoms with Crippen molar-refractivity contribution in [2.75, 3.05) is 6.54 Å². The number of amides is 1. The molecule has 0 aromatic carbocycles. The van der Waals surface area contributed by atoms with Crippen LogP contribution in [0.25, 0.3) is 0 Å². The maximum atomic E-state index is 12.1. The summed E-state index contributed by atoms with van der Waals surface area (Å²) in [4.78, 5) is 30.4. The van der Waals surface area contributed by atoms with E-state index < -0.39 is 0 Å². The van der Waals surface area contributed by atoms with E-state index in [0.717, 1.165) is 18.5 Å². The van der Waals surface area contributed by atoms with E-state index >= 15 is 0 Å². The first-order valence-corrected chi connectivity index (χ1v) is 7.37. The minimum absolute atomic E-state index is 0.174. The van der Waals surface area contributed by atoms with E-state index in [1.807, 2.05) is 6.07 Å². The summed E-state index contributed by atoms with van der Waals surface area (Å²) in [6, 6.07) is 3.25. The Morgan fingerprint density at radius 2 is 2.14 bits per heavy atom. The fraction of sp³-hybridized carbons (Fsp3) is 0.467. The van der Waals surface area contributed by atoms with Crippen LogP contribution >= 0.6 is 0 Å². The Balaban J connectivity index is 1.94. The van der Waals surface area contributed by atoms with Crippen molar-refractivity contribution in [2.45, 2.75) is 33.1 Å². The number of hydrogen-bond acceptors (Lipinski definition) is 4. The fourth-order valence-corrected chi connectivity index (χ4v) is 2.26. The Bertz CT molecular complexity index is 717. The molecule has 0 aliphatic carbocycles. The van der Waals surface area contributed by atoms with Crippen molar-refractivity contribution < 1.29 is 4.79 Å². The molecule has 7 heteroatoms. The molecule has 0 spiro atoms. The van der Waals surface area contributed by atoms with Gasteiger partial charge in [0.25, 0.3) is 11.5 Å². The van der Waals surface area contributed by atoms with Crippen LogP contribution in [0, 0.1) is 6.92 Å². The number of carbonyl (C=O) groups is 1. The molecule has 1 amide bonds. The number of hydrogen-bond donors (Lipinski definition) is 2. The molecule has 0 bridgehead atoms. The van der Waals surface area contributed by atoms with Gasteiger partial charge in [-0.15, -0.1) is 0 Å². The Morgan fingerprint density at radius 3 is 2.82 bits per heavy atom. The summed E-state index contributed by atoms with van der Waals surface area (Å²) >= 11 is 0. The van der Waals surface area contributed by atoms with E-state index in [2.05, 4.69) is 27.3 Å². The molecule has 2 aromatic heterocycles. The van der Waals surface area contributed by atoms with Crippen LogP contribution in [0.5, 0.6) is 0 Å². The second-order valence-electron chi connectivity index (χ2n) is 5.23. The molecule has 118 valence electrons. The van der Waals surface area contributed by atoms with Gasteiger partial charge in [-0.05, 0) is 19.4 Å². The number of H-pyrrole nitrogens is 1. The lowest BCUT2D eigenvalue weighted by atomic mass is 10.2. The van der Waals surface area contributed by atoms with Gasteiger partial charge in [0.1, 0.15) is 11.5 Å². The number of nitrogens with zero attached hydrogens (tertiary/aromatic N) is 3. The molecule has 0 saturated heterocycles. The zero-order valence-electron chi connectivity index (χ0n) is 13.1. The van der Waals surface area contributed by atoms with Crippen molar-refractivity contribution >= 4 is 5.91 Å². The second kappa shape index (κ2) is 7.02. The molecular weight excluding hydrogens is 282 g/mol. The van der Waals surface area contributed by atoms with Gasteiger partial charge in [-0.1, -0.05) is 13.3 Å². The minimum Gasteiger partial charge on any atom is -0.350 e. The van der Waals surface area contributed by atoms with Crippen molar-refractivity contribution in [1.82, 2.24) is 25.1 Å². The summed E-state index contributed by atoms with van der Waals surface area (Å²) in [6.45, 7) is 4.24. The SMILES string of the molecule is CCCc1cc(C(=O)NCCc2nc(C)cc(=O)[nH]2)n(C)n1. The second-order valence-corrected chi connectivity index (χ2v) is 5.23. The van der Waals surface area contributed by atoms with Crippen molar-refractivity contribution in [3.8, 4) is 0 Å². The van der Waals surface area contributed by atoms with Crippen LogP contribution < -0.4 is 10.9 Å². The molecule has 0 aliphatic rings. The molecule has 0 unspecified atom stereocenters. The number of nitrogens with one attached hydrogen (secondary N) is 2. The molecule has 0 radical (unpaired) electrons. The van der Waals surface area contributed by atoms with Crippen LogP contribution in [0.15, 0.2) is 16.9 Å². The average Bonchev–Trinajstić information content (AvgIpc) is 2.79. The van der Waals surface area contributed by atoms with Crippen LogP contribution in [0.3, 0.4) is 0 Å². The molecule has 2 heterocycles. The van der Waals surface area contributed by atoms with Crippen molar-refractivity contribution in [1.29, 1.82) is 0 Å². The smallest absolute Gasteiger partial charge is 0.269 e. The molecule has 0 saturated carbocycles. The quantitative estimate of drug-likeness (QED) is 0.823. The van der Waals surface area contributed by atoms with Crippen molar-refractivity contribution in [3.05, 3.63) is 45.4 Å².